The van der Waals surface area contributed by atoms with Crippen LogP contribution in [0.3, 0.4) is 0 Å². The summed E-state index contributed by atoms with van der Waals surface area (Å²) in [7, 11) is -8.33. The minimum absolute atomic E-state index is 0.0648. The molecule has 1 heterocycles. The molecule has 0 saturated carbocycles. The highest BCUT2D eigenvalue weighted by Gasteiger charge is 2.32. The van der Waals surface area contributed by atoms with Crippen molar-refractivity contribution < 1.29 is 52.2 Å². The van der Waals surface area contributed by atoms with Crippen LogP contribution in [0.4, 0.5) is 0 Å². The molecule has 0 unspecified atom stereocenters. The first kappa shape index (κ1) is 24.3. The summed E-state index contributed by atoms with van der Waals surface area (Å²) in [6, 6.07) is 4.67. The van der Waals surface area contributed by atoms with Gasteiger partial charge in [-0.2, -0.15) is 0 Å². The first-order chi connectivity index (χ1) is 12.8. The maximum Gasteiger partial charge on any atom is 0.469 e. The van der Waals surface area contributed by atoms with Crippen LogP contribution < -0.4 is 10.5 Å². The van der Waals surface area contributed by atoms with Crippen molar-refractivity contribution in [1.82, 2.24) is 4.72 Å². The lowest BCUT2D eigenvalue weighted by atomic mass is 10.0. The fourth-order valence-corrected chi connectivity index (χ4v) is 3.45. The number of carbonyl (C=O) groups excluding carboxylic acids is 2. The molecule has 2 rings (SSSR count). The van der Waals surface area contributed by atoms with Crippen molar-refractivity contribution in [3.05, 3.63) is 29.8 Å². The van der Waals surface area contributed by atoms with Crippen molar-refractivity contribution in [3.63, 3.8) is 0 Å². The van der Waals surface area contributed by atoms with E-state index in [2.05, 4.69) is 4.52 Å². The topological polar surface area (TPSA) is 234 Å². The molecule has 0 aliphatic carbocycles. The summed E-state index contributed by atoms with van der Waals surface area (Å²) in [6.45, 7) is -0.909. The zero-order valence-corrected chi connectivity index (χ0v) is 15.7. The lowest BCUT2D eigenvalue weighted by molar-refractivity contribution is -0.118. The highest BCUT2D eigenvalue weighted by Crippen LogP contribution is 2.35. The number of fused-ring (bicyclic) bond motifs is 1. The number of sulfonamides is 1. The third-order valence-corrected chi connectivity index (χ3v) is 5.23. The monoisotopic (exact) mass is 442 g/mol. The molecule has 0 saturated heterocycles. The van der Waals surface area contributed by atoms with Gasteiger partial charge in [0.1, 0.15) is 29.5 Å². The fourth-order valence-electron chi connectivity index (χ4n) is 1.93. The minimum atomic E-state index is -4.77. The molecule has 1 aliphatic heterocycles. The Bertz CT molecular complexity index is 856. The normalized spacial score (nSPS) is 19.3. The highest BCUT2D eigenvalue weighted by molar-refractivity contribution is 7.90. The first-order valence-electron chi connectivity index (χ1n) is 7.41. The van der Waals surface area contributed by atoms with Crippen molar-refractivity contribution in [2.45, 2.75) is 29.2 Å². The molecule has 0 fully saturated rings. The van der Waals surface area contributed by atoms with Crippen LogP contribution in [0.1, 0.15) is 10.4 Å². The van der Waals surface area contributed by atoms with Crippen LogP contribution in [0, 0.1) is 0 Å². The fraction of sp³-hybridized carbons (Fsp3) is 0.385. The van der Waals surface area contributed by atoms with E-state index in [4.69, 9.17) is 20.6 Å². The van der Waals surface area contributed by atoms with Crippen LogP contribution in [-0.4, -0.2) is 76.7 Å². The molecule has 4 atom stereocenters. The van der Waals surface area contributed by atoms with E-state index in [-0.39, 0.29) is 16.7 Å². The van der Waals surface area contributed by atoms with Crippen molar-refractivity contribution >= 4 is 30.0 Å². The summed E-state index contributed by atoms with van der Waals surface area (Å²) in [5.41, 5.74) is 5.27. The predicted molar refractivity (Wildman–Crippen MR) is 91.1 cm³/mol. The second kappa shape index (κ2) is 9.65. The molecule has 28 heavy (non-hydrogen) atoms. The number of rotatable bonds is 7. The molecule has 13 nitrogen and oxygen atoms in total. The zero-order valence-electron chi connectivity index (χ0n) is 14.0. The number of aldehydes is 1. The SMILES string of the molecule is N[C@H](C=O)[C@@H](O)[C@H](O)[C@H](O)COP(=O)(O)O.O=C1NS(=O)(=O)c2ccccc21. The van der Waals surface area contributed by atoms with E-state index in [1.165, 1.54) is 12.1 Å². The average molecular weight is 442 g/mol. The number of hydrogen-bond acceptors (Lipinski definition) is 10. The Balaban J connectivity index is 0.000000289. The van der Waals surface area contributed by atoms with Gasteiger partial charge in [-0.25, -0.2) is 17.7 Å². The number of phosphoric acid groups is 1. The van der Waals surface area contributed by atoms with Crippen molar-refractivity contribution in [1.29, 1.82) is 0 Å². The smallest absolute Gasteiger partial charge is 0.388 e. The molecule has 0 aromatic heterocycles. The molecule has 0 bridgehead atoms. The van der Waals surface area contributed by atoms with Gasteiger partial charge in [0, 0.05) is 0 Å². The summed E-state index contributed by atoms with van der Waals surface area (Å²) in [5, 5.41) is 27.5. The average Bonchev–Trinajstić information content (AvgIpc) is 2.87. The second-order valence-corrected chi connectivity index (χ2v) is 8.37. The van der Waals surface area contributed by atoms with Crippen molar-refractivity contribution in [2.24, 2.45) is 5.73 Å². The maximum absolute atomic E-state index is 11.1. The van der Waals surface area contributed by atoms with E-state index in [1.807, 2.05) is 4.72 Å². The Kier molecular flexibility index (Phi) is 8.37. The Hall–Kier alpha value is -1.74. The van der Waals surface area contributed by atoms with Gasteiger partial charge in [0.05, 0.1) is 18.2 Å². The highest BCUT2D eigenvalue weighted by atomic mass is 32.2. The minimum Gasteiger partial charge on any atom is -0.388 e. The molecule has 0 radical (unpaired) electrons. The molecule has 1 aromatic rings. The van der Waals surface area contributed by atoms with Gasteiger partial charge in [0.2, 0.25) is 0 Å². The summed E-state index contributed by atoms with van der Waals surface area (Å²) in [5.74, 6) is -0.550. The van der Waals surface area contributed by atoms with Crippen molar-refractivity contribution in [2.75, 3.05) is 6.61 Å². The molecular weight excluding hydrogens is 423 g/mol. The number of carbonyl (C=O) groups is 2. The standard InChI is InChI=1S/C7H5NO3S.C6H14NO8P/c9-7-5-3-1-2-4-6(5)12(10,11)8-7;7-3(1-8)5(10)6(11)4(9)2-15-16(12,13)14/h1-4H,(H,8,9);1,3-6,9-11H,2,7H2,(H2,12,13,14)/t;3-,4-,5-,6-/m.1/s1. The molecule has 1 amide bonds. The molecule has 15 heteroatoms. The number of aliphatic hydroxyl groups excluding tert-OH is 3. The molecule has 158 valence electrons. The lowest BCUT2D eigenvalue weighted by Gasteiger charge is -2.24. The van der Waals surface area contributed by atoms with Gasteiger partial charge in [0.25, 0.3) is 15.9 Å². The molecule has 0 spiro atoms. The Labute approximate surface area is 159 Å². The van der Waals surface area contributed by atoms with Gasteiger partial charge in [-0.15, -0.1) is 0 Å². The van der Waals surface area contributed by atoms with E-state index < -0.39 is 54.7 Å². The van der Waals surface area contributed by atoms with Crippen LogP contribution in [0.2, 0.25) is 0 Å². The lowest BCUT2D eigenvalue weighted by Crippen LogP contribution is -2.50. The van der Waals surface area contributed by atoms with E-state index >= 15 is 0 Å². The molecule has 8 N–H and O–H groups in total. The molecular formula is C13H19N2O11PS. The number of amides is 1. The first-order valence-corrected chi connectivity index (χ1v) is 10.4. The van der Waals surface area contributed by atoms with Crippen LogP contribution in [0.15, 0.2) is 29.2 Å². The van der Waals surface area contributed by atoms with Gasteiger partial charge < -0.3 is 35.6 Å². The van der Waals surface area contributed by atoms with Gasteiger partial charge in [-0.05, 0) is 12.1 Å². The summed E-state index contributed by atoms with van der Waals surface area (Å²) >= 11 is 0. The van der Waals surface area contributed by atoms with Gasteiger partial charge in [-0.1, -0.05) is 12.1 Å². The van der Waals surface area contributed by atoms with E-state index in [0.29, 0.717) is 0 Å². The van der Waals surface area contributed by atoms with E-state index in [0.717, 1.165) is 0 Å². The predicted octanol–water partition coefficient (Wildman–Crippen LogP) is -3.18. The number of hydrogen-bond donors (Lipinski definition) is 7. The molecule has 1 aromatic carbocycles. The van der Waals surface area contributed by atoms with Gasteiger partial charge in [0.15, 0.2) is 0 Å². The number of phosphoric ester groups is 1. The third kappa shape index (κ3) is 6.70. The number of nitrogens with one attached hydrogen (secondary N) is 1. The summed E-state index contributed by atoms with van der Waals surface area (Å²) in [4.78, 5) is 37.8. The van der Waals surface area contributed by atoms with E-state index in [1.54, 1.807) is 12.1 Å². The largest absolute Gasteiger partial charge is 0.469 e. The summed E-state index contributed by atoms with van der Waals surface area (Å²) in [6.07, 6.45) is -5.24. The number of benzene rings is 1. The van der Waals surface area contributed by atoms with E-state index in [9.17, 15) is 32.8 Å². The quantitative estimate of drug-likeness (QED) is 0.164. The second-order valence-electron chi connectivity index (χ2n) is 5.48. The van der Waals surface area contributed by atoms with Crippen LogP contribution in [0.25, 0.3) is 0 Å². The summed E-state index contributed by atoms with van der Waals surface area (Å²) < 4.78 is 38.3. The Morgan fingerprint density at radius 2 is 1.75 bits per heavy atom. The third-order valence-electron chi connectivity index (χ3n) is 3.36. The Morgan fingerprint density at radius 1 is 1.18 bits per heavy atom. The maximum atomic E-state index is 11.1. The van der Waals surface area contributed by atoms with Crippen molar-refractivity contribution in [3.8, 4) is 0 Å². The number of aliphatic hydroxyl groups is 3. The Morgan fingerprint density at radius 3 is 2.25 bits per heavy atom. The van der Waals surface area contributed by atoms with Crippen LogP contribution in [0.5, 0.6) is 0 Å². The van der Waals surface area contributed by atoms with Gasteiger partial charge in [-0.3, -0.25) is 9.32 Å². The van der Waals surface area contributed by atoms with Gasteiger partial charge >= 0.3 is 7.82 Å². The van der Waals surface area contributed by atoms with Crippen LogP contribution in [-0.2, 0) is 23.9 Å². The molecule has 1 aliphatic rings. The van der Waals surface area contributed by atoms with Crippen LogP contribution >= 0.6 is 7.82 Å². The zero-order chi connectivity index (χ0) is 21.7. The number of nitrogens with two attached hydrogens (primary N) is 1.